The number of benzene rings is 1. The molecule has 1 aromatic carbocycles. The number of carbonyl (C=O) groups is 2. The van der Waals surface area contributed by atoms with Gasteiger partial charge in [-0.25, -0.2) is 15.9 Å². The Morgan fingerprint density at radius 2 is 1.90 bits per heavy atom. The highest BCUT2D eigenvalue weighted by Crippen LogP contribution is 2.48. The summed E-state index contributed by atoms with van der Waals surface area (Å²) in [6.45, 7) is 14.6. The van der Waals surface area contributed by atoms with Gasteiger partial charge >= 0.3 is 30.9 Å². The number of hydrogen-bond donors (Lipinski definition) is 2. The Balaban J connectivity index is 1.93. The summed E-state index contributed by atoms with van der Waals surface area (Å²) in [5.74, 6) is -1.28. The summed E-state index contributed by atoms with van der Waals surface area (Å²) in [6, 6.07) is 8.00. The first-order chi connectivity index (χ1) is 18.8. The van der Waals surface area contributed by atoms with Crippen molar-refractivity contribution in [3.8, 4) is 5.75 Å². The molecule has 1 fully saturated rings. The Kier molecular flexibility index (Phi) is 9.70. The van der Waals surface area contributed by atoms with Gasteiger partial charge in [-0.15, -0.1) is 0 Å². The van der Waals surface area contributed by atoms with E-state index in [1.165, 1.54) is 26.0 Å². The summed E-state index contributed by atoms with van der Waals surface area (Å²) in [5, 5.41) is 2.54. The maximum absolute atomic E-state index is 13.9. The van der Waals surface area contributed by atoms with Crippen molar-refractivity contribution in [1.82, 2.24) is 14.6 Å². The van der Waals surface area contributed by atoms with Crippen molar-refractivity contribution >= 4 is 19.7 Å². The van der Waals surface area contributed by atoms with Crippen molar-refractivity contribution in [3.05, 3.63) is 74.9 Å². The van der Waals surface area contributed by atoms with E-state index in [2.05, 4.69) is 14.9 Å². The molecule has 2 heterocycles. The molecule has 2 aromatic rings. The second-order valence-electron chi connectivity index (χ2n) is 9.45. The van der Waals surface area contributed by atoms with Gasteiger partial charge in [-0.1, -0.05) is 18.2 Å². The summed E-state index contributed by atoms with van der Waals surface area (Å²) in [7, 11) is -4.33. The molecule has 15 heteroatoms. The molecule has 0 saturated carbocycles. The number of rotatable bonds is 11. The quantitative estimate of drug-likeness (QED) is 0.228. The van der Waals surface area contributed by atoms with Gasteiger partial charge in [0.25, 0.3) is 5.56 Å². The molecule has 0 bridgehead atoms. The second kappa shape index (κ2) is 12.6. The third kappa shape index (κ3) is 7.25. The van der Waals surface area contributed by atoms with Gasteiger partial charge in [-0.05, 0) is 32.9 Å². The first kappa shape index (κ1) is 30.8. The first-order valence-electron chi connectivity index (χ1n) is 12.3. The van der Waals surface area contributed by atoms with Crippen molar-refractivity contribution in [2.45, 2.75) is 70.7 Å². The number of hydrogen-bond acceptors (Lipinski definition) is 10. The molecule has 6 atom stereocenters. The Morgan fingerprint density at radius 3 is 2.48 bits per heavy atom. The van der Waals surface area contributed by atoms with Crippen molar-refractivity contribution < 1.29 is 37.4 Å². The Morgan fingerprint density at radius 1 is 1.23 bits per heavy atom. The topological polar surface area (TPSA) is 169 Å². The van der Waals surface area contributed by atoms with E-state index in [1.807, 2.05) is 0 Å². The predicted octanol–water partition coefficient (Wildman–Crippen LogP) is 2.18. The van der Waals surface area contributed by atoms with E-state index in [9.17, 15) is 23.7 Å². The van der Waals surface area contributed by atoms with Crippen LogP contribution >= 0.6 is 7.75 Å². The third-order valence-electron chi connectivity index (χ3n) is 5.79. The van der Waals surface area contributed by atoms with E-state index in [0.29, 0.717) is 0 Å². The highest BCUT2D eigenvalue weighted by atomic mass is 31.2. The monoisotopic (exact) mass is 578 g/mol. The lowest BCUT2D eigenvalue weighted by molar-refractivity contribution is -0.152. The molecule has 216 valence electrons. The van der Waals surface area contributed by atoms with Gasteiger partial charge in [-0.2, -0.15) is 5.09 Å². The summed E-state index contributed by atoms with van der Waals surface area (Å²) in [6.07, 6.45) is -3.12. The Labute approximate surface area is 229 Å². The van der Waals surface area contributed by atoms with Gasteiger partial charge in [0.1, 0.15) is 17.9 Å². The van der Waals surface area contributed by atoms with Crippen molar-refractivity contribution in [2.24, 2.45) is 0 Å². The standard InChI is InChI=1S/C25H31N4O10P/c1-15(2)36-22(32)16(3)28-40(34,39-18-10-8-7-9-11-18)35-14-19-21(37-17(4)30)25(5,26-6)23(38-19)29-13-12-20(31)27-24(29)33/h7-13,15-16,19,21,23H,14H2,1-5H3,(H,28,34)(H,27,31,33)/t16-,19-,21-,23-,25-,40-/m1/s1. The zero-order chi connectivity index (χ0) is 29.7. The fourth-order valence-electron chi connectivity index (χ4n) is 3.98. The van der Waals surface area contributed by atoms with Crippen LogP contribution in [0.3, 0.4) is 0 Å². The molecule has 1 aromatic heterocycles. The van der Waals surface area contributed by atoms with Gasteiger partial charge in [0.15, 0.2) is 0 Å². The minimum atomic E-state index is -4.33. The number of aromatic amines is 1. The molecule has 0 radical (unpaired) electrons. The molecule has 1 saturated heterocycles. The number of carbonyl (C=O) groups excluding carboxylic acids is 2. The largest absolute Gasteiger partial charge is 0.462 e. The van der Waals surface area contributed by atoms with Gasteiger partial charge in [0, 0.05) is 26.1 Å². The zero-order valence-electron chi connectivity index (χ0n) is 22.6. The lowest BCUT2D eigenvalue weighted by atomic mass is 9.93. The maximum atomic E-state index is 13.9. The number of esters is 2. The molecule has 14 nitrogen and oxygen atoms in total. The third-order valence-corrected chi connectivity index (χ3v) is 7.43. The number of ether oxygens (including phenoxy) is 3. The van der Waals surface area contributed by atoms with Crippen molar-refractivity contribution in [3.63, 3.8) is 0 Å². The normalized spacial score (nSPS) is 24.5. The molecule has 0 unspecified atom stereocenters. The van der Waals surface area contributed by atoms with E-state index in [1.54, 1.807) is 32.0 Å². The molecule has 0 amide bonds. The van der Waals surface area contributed by atoms with Crippen LogP contribution in [0.4, 0.5) is 0 Å². The van der Waals surface area contributed by atoms with E-state index < -0.39 is 73.7 Å². The number of nitrogens with zero attached hydrogens (tertiary/aromatic N) is 2. The van der Waals surface area contributed by atoms with Crippen LogP contribution in [-0.2, 0) is 32.9 Å². The molecule has 0 aliphatic carbocycles. The molecule has 2 N–H and O–H groups in total. The fourth-order valence-corrected chi connectivity index (χ4v) is 5.48. The lowest BCUT2D eigenvalue weighted by Crippen LogP contribution is -2.46. The molecule has 3 rings (SSSR count). The highest BCUT2D eigenvalue weighted by molar-refractivity contribution is 7.52. The van der Waals surface area contributed by atoms with E-state index >= 15 is 0 Å². The van der Waals surface area contributed by atoms with Crippen molar-refractivity contribution in [2.75, 3.05) is 6.61 Å². The smallest absolute Gasteiger partial charge is 0.459 e. The Bertz CT molecular complexity index is 1420. The van der Waals surface area contributed by atoms with E-state index in [4.69, 9.17) is 29.8 Å². The predicted molar refractivity (Wildman–Crippen MR) is 140 cm³/mol. The number of aromatic nitrogens is 2. The van der Waals surface area contributed by atoms with Crippen LogP contribution in [0.5, 0.6) is 5.75 Å². The average Bonchev–Trinajstić information content (AvgIpc) is 3.14. The van der Waals surface area contributed by atoms with Crippen LogP contribution in [-0.4, -0.2) is 58.0 Å². The number of H-pyrrole nitrogens is 1. The van der Waals surface area contributed by atoms with Crippen LogP contribution in [0.1, 0.15) is 40.8 Å². The minimum Gasteiger partial charge on any atom is -0.462 e. The number of para-hydroxylation sites is 1. The van der Waals surface area contributed by atoms with Gasteiger partial charge in [-0.3, -0.25) is 28.5 Å². The van der Waals surface area contributed by atoms with Crippen molar-refractivity contribution in [1.29, 1.82) is 0 Å². The van der Waals surface area contributed by atoms with Crippen LogP contribution < -0.4 is 20.9 Å². The molecular formula is C25H31N4O10P. The fraction of sp³-hybridized carbons (Fsp3) is 0.480. The SMILES string of the molecule is [C-]#[N+][C@]1(C)[C@H](OC(C)=O)[C@@H](CO[P@](=O)(N[C@H](C)C(=O)OC(C)C)Oc2ccccc2)O[C@H]1n1ccc(=O)[nH]c1=O. The van der Waals surface area contributed by atoms with E-state index in [0.717, 1.165) is 23.8 Å². The van der Waals surface area contributed by atoms with Crippen LogP contribution in [0.25, 0.3) is 4.85 Å². The molecule has 40 heavy (non-hydrogen) atoms. The second-order valence-corrected chi connectivity index (χ2v) is 11.1. The highest BCUT2D eigenvalue weighted by Gasteiger charge is 2.63. The average molecular weight is 579 g/mol. The summed E-state index contributed by atoms with van der Waals surface area (Å²) < 4.78 is 42.7. The first-order valence-corrected chi connectivity index (χ1v) is 13.8. The molecule has 0 spiro atoms. The molecular weight excluding hydrogens is 547 g/mol. The van der Waals surface area contributed by atoms with Crippen LogP contribution in [0, 0.1) is 6.57 Å². The summed E-state index contributed by atoms with van der Waals surface area (Å²) in [4.78, 5) is 54.2. The zero-order valence-corrected chi connectivity index (χ0v) is 23.5. The molecule has 1 aliphatic rings. The minimum absolute atomic E-state index is 0.162. The maximum Gasteiger partial charge on any atom is 0.459 e. The van der Waals surface area contributed by atoms with Crippen LogP contribution in [0.15, 0.2) is 52.2 Å². The van der Waals surface area contributed by atoms with Crippen LogP contribution in [0.2, 0.25) is 0 Å². The van der Waals surface area contributed by atoms with E-state index in [-0.39, 0.29) is 5.75 Å². The lowest BCUT2D eigenvalue weighted by Gasteiger charge is -2.26. The molecule has 1 aliphatic heterocycles. The summed E-state index contributed by atoms with van der Waals surface area (Å²) in [5.41, 5.74) is -3.17. The van der Waals surface area contributed by atoms with Gasteiger partial charge in [0.2, 0.25) is 12.3 Å². The van der Waals surface area contributed by atoms with Gasteiger partial charge in [0.05, 0.1) is 12.7 Å². The Hall–Kier alpha value is -3.76. The van der Waals surface area contributed by atoms with Gasteiger partial charge < -0.3 is 23.6 Å². The summed E-state index contributed by atoms with van der Waals surface area (Å²) >= 11 is 0. The number of nitrogens with one attached hydrogen (secondary N) is 2.